The molecule has 8 heteroatoms. The van der Waals surface area contributed by atoms with Crippen LogP contribution in [0.1, 0.15) is 12.0 Å². The SMILES string of the molecule is O=C(COC(=O)Cc1ccsc1)NC1CCS(=O)(=O)C1. The fourth-order valence-corrected chi connectivity index (χ4v) is 4.28. The molecule has 0 spiro atoms. The summed E-state index contributed by atoms with van der Waals surface area (Å²) in [6, 6.07) is 1.44. The van der Waals surface area contributed by atoms with E-state index in [4.69, 9.17) is 4.74 Å². The van der Waals surface area contributed by atoms with E-state index in [1.54, 1.807) is 0 Å². The molecule has 1 unspecified atom stereocenters. The lowest BCUT2D eigenvalue weighted by Crippen LogP contribution is -2.38. The summed E-state index contributed by atoms with van der Waals surface area (Å²) in [4.78, 5) is 23.0. The smallest absolute Gasteiger partial charge is 0.310 e. The van der Waals surface area contributed by atoms with Crippen molar-refractivity contribution in [1.82, 2.24) is 5.32 Å². The van der Waals surface area contributed by atoms with Gasteiger partial charge in [-0.25, -0.2) is 8.42 Å². The lowest BCUT2D eigenvalue weighted by molar-refractivity contribution is -0.148. The molecule has 0 radical (unpaired) electrons. The molecule has 1 aliphatic heterocycles. The van der Waals surface area contributed by atoms with Crippen LogP contribution in [0.5, 0.6) is 0 Å². The van der Waals surface area contributed by atoms with Gasteiger partial charge in [-0.1, -0.05) is 0 Å². The number of hydrogen-bond acceptors (Lipinski definition) is 6. The number of thiophene rings is 1. The molecule has 2 heterocycles. The largest absolute Gasteiger partial charge is 0.455 e. The highest BCUT2D eigenvalue weighted by molar-refractivity contribution is 7.91. The zero-order valence-electron chi connectivity index (χ0n) is 10.7. The summed E-state index contributed by atoms with van der Waals surface area (Å²) in [7, 11) is -3.03. The average molecular weight is 317 g/mol. The first kappa shape index (κ1) is 15.0. The lowest BCUT2D eigenvalue weighted by atomic mass is 10.2. The molecule has 20 heavy (non-hydrogen) atoms. The van der Waals surface area contributed by atoms with Gasteiger partial charge in [-0.15, -0.1) is 0 Å². The van der Waals surface area contributed by atoms with Crippen molar-refractivity contribution in [2.24, 2.45) is 0 Å². The first-order valence-corrected chi connectivity index (χ1v) is 8.87. The number of carbonyl (C=O) groups excluding carboxylic acids is 2. The van der Waals surface area contributed by atoms with E-state index < -0.39 is 21.7 Å². The van der Waals surface area contributed by atoms with Gasteiger partial charge in [-0.3, -0.25) is 9.59 Å². The van der Waals surface area contributed by atoms with E-state index in [1.165, 1.54) is 11.3 Å². The molecule has 0 aromatic carbocycles. The molecule has 110 valence electrons. The van der Waals surface area contributed by atoms with Crippen molar-refractivity contribution in [3.8, 4) is 0 Å². The van der Waals surface area contributed by atoms with Crippen LogP contribution in [0.4, 0.5) is 0 Å². The van der Waals surface area contributed by atoms with Gasteiger partial charge in [0.05, 0.1) is 17.9 Å². The van der Waals surface area contributed by atoms with Crippen molar-refractivity contribution in [1.29, 1.82) is 0 Å². The van der Waals surface area contributed by atoms with Crippen molar-refractivity contribution < 1.29 is 22.7 Å². The molecule has 1 amide bonds. The second kappa shape index (κ2) is 6.36. The molecule has 1 N–H and O–H groups in total. The monoisotopic (exact) mass is 317 g/mol. The van der Waals surface area contributed by atoms with Crippen molar-refractivity contribution in [3.05, 3.63) is 22.4 Å². The van der Waals surface area contributed by atoms with Crippen LogP contribution in [0.3, 0.4) is 0 Å². The molecule has 1 atom stereocenters. The van der Waals surface area contributed by atoms with Gasteiger partial charge in [0.15, 0.2) is 16.4 Å². The third-order valence-electron chi connectivity index (χ3n) is 2.89. The Hall–Kier alpha value is -1.41. The van der Waals surface area contributed by atoms with E-state index in [0.29, 0.717) is 6.42 Å². The van der Waals surface area contributed by atoms with E-state index in [1.807, 2.05) is 16.8 Å². The molecule has 1 fully saturated rings. The molecule has 6 nitrogen and oxygen atoms in total. The maximum atomic E-state index is 11.5. The quantitative estimate of drug-likeness (QED) is 0.780. The van der Waals surface area contributed by atoms with Gasteiger partial charge in [0.2, 0.25) is 0 Å². The molecule has 1 aromatic heterocycles. The fourth-order valence-electron chi connectivity index (χ4n) is 1.94. The van der Waals surface area contributed by atoms with Crippen LogP contribution in [0.25, 0.3) is 0 Å². The number of carbonyl (C=O) groups is 2. The van der Waals surface area contributed by atoms with Crippen LogP contribution in [0, 0.1) is 0 Å². The second-order valence-electron chi connectivity index (χ2n) is 4.64. The molecule has 1 saturated heterocycles. The Kier molecular flexibility index (Phi) is 4.77. The molecule has 0 saturated carbocycles. The standard InChI is InChI=1S/C12H15NO5S2/c14-11(13-10-2-4-20(16,17)8-10)6-18-12(15)5-9-1-3-19-7-9/h1,3,7,10H,2,4-6,8H2,(H,13,14). The minimum absolute atomic E-state index is 0.0401. The zero-order valence-corrected chi connectivity index (χ0v) is 12.3. The van der Waals surface area contributed by atoms with Gasteiger partial charge in [-0.2, -0.15) is 11.3 Å². The summed E-state index contributed by atoms with van der Waals surface area (Å²) in [6.45, 7) is -0.375. The Morgan fingerprint density at radius 1 is 1.45 bits per heavy atom. The van der Waals surface area contributed by atoms with E-state index in [0.717, 1.165) is 5.56 Å². The fraction of sp³-hybridized carbons (Fsp3) is 0.500. The number of rotatable bonds is 5. The highest BCUT2D eigenvalue weighted by atomic mass is 32.2. The second-order valence-corrected chi connectivity index (χ2v) is 7.65. The third-order valence-corrected chi connectivity index (χ3v) is 5.39. The van der Waals surface area contributed by atoms with Gasteiger partial charge < -0.3 is 10.1 Å². The lowest BCUT2D eigenvalue weighted by Gasteiger charge is -2.10. The van der Waals surface area contributed by atoms with Crippen molar-refractivity contribution in [3.63, 3.8) is 0 Å². The molecule has 0 bridgehead atoms. The molecule has 0 aliphatic carbocycles. The normalized spacial score (nSPS) is 20.5. The summed E-state index contributed by atoms with van der Waals surface area (Å²) in [6.07, 6.45) is 0.547. The molecule has 1 aromatic rings. The Labute approximate surface area is 121 Å². The third kappa shape index (κ3) is 4.61. The van der Waals surface area contributed by atoms with E-state index in [-0.39, 0.29) is 30.6 Å². The van der Waals surface area contributed by atoms with Crippen molar-refractivity contribution in [2.75, 3.05) is 18.1 Å². The first-order valence-electron chi connectivity index (χ1n) is 6.11. The molecule has 2 rings (SSSR count). The minimum Gasteiger partial charge on any atom is -0.455 e. The van der Waals surface area contributed by atoms with Crippen LogP contribution in [-0.4, -0.2) is 44.4 Å². The van der Waals surface area contributed by atoms with Gasteiger partial charge in [0.1, 0.15) is 0 Å². The van der Waals surface area contributed by atoms with Crippen LogP contribution in [0.15, 0.2) is 16.8 Å². The maximum absolute atomic E-state index is 11.5. The van der Waals surface area contributed by atoms with Crippen LogP contribution in [0.2, 0.25) is 0 Å². The minimum atomic E-state index is -3.03. The predicted octanol–water partition coefficient (Wildman–Crippen LogP) is 0.137. The van der Waals surface area contributed by atoms with Gasteiger partial charge in [0.25, 0.3) is 5.91 Å². The zero-order chi connectivity index (χ0) is 14.6. The number of esters is 1. The number of ether oxygens (including phenoxy) is 1. The van der Waals surface area contributed by atoms with Crippen LogP contribution < -0.4 is 5.32 Å². The van der Waals surface area contributed by atoms with Crippen molar-refractivity contribution >= 4 is 33.1 Å². The summed E-state index contributed by atoms with van der Waals surface area (Å²) in [5.41, 5.74) is 0.849. The highest BCUT2D eigenvalue weighted by Crippen LogP contribution is 2.11. The summed E-state index contributed by atoms with van der Waals surface area (Å²) < 4.78 is 27.3. The Morgan fingerprint density at radius 3 is 2.85 bits per heavy atom. The Bertz CT molecular complexity index is 579. The van der Waals surface area contributed by atoms with E-state index in [2.05, 4.69) is 5.32 Å². The summed E-state index contributed by atoms with van der Waals surface area (Å²) >= 11 is 1.48. The first-order chi connectivity index (χ1) is 9.44. The predicted molar refractivity (Wildman–Crippen MR) is 74.2 cm³/mol. The van der Waals surface area contributed by atoms with Gasteiger partial charge in [0, 0.05) is 6.04 Å². The van der Waals surface area contributed by atoms with Gasteiger partial charge in [-0.05, 0) is 28.8 Å². The van der Waals surface area contributed by atoms with Crippen LogP contribution >= 0.6 is 11.3 Å². The molecular weight excluding hydrogens is 302 g/mol. The summed E-state index contributed by atoms with van der Waals surface area (Å²) in [5, 5.41) is 6.25. The van der Waals surface area contributed by atoms with Gasteiger partial charge >= 0.3 is 5.97 Å². The number of sulfone groups is 1. The number of nitrogens with one attached hydrogen (secondary N) is 1. The number of hydrogen-bond donors (Lipinski definition) is 1. The summed E-state index contributed by atoms with van der Waals surface area (Å²) in [5.74, 6) is -0.888. The average Bonchev–Trinajstić information content (AvgIpc) is 2.97. The highest BCUT2D eigenvalue weighted by Gasteiger charge is 2.28. The molecular formula is C12H15NO5S2. The molecule has 1 aliphatic rings. The Morgan fingerprint density at radius 2 is 2.25 bits per heavy atom. The van der Waals surface area contributed by atoms with Crippen molar-refractivity contribution in [2.45, 2.75) is 18.9 Å². The van der Waals surface area contributed by atoms with E-state index in [9.17, 15) is 18.0 Å². The maximum Gasteiger partial charge on any atom is 0.310 e. The Balaban J connectivity index is 1.69. The topological polar surface area (TPSA) is 89.5 Å². The number of amides is 1. The van der Waals surface area contributed by atoms with E-state index >= 15 is 0 Å². The van der Waals surface area contributed by atoms with Crippen LogP contribution in [-0.2, 0) is 30.6 Å².